The lowest BCUT2D eigenvalue weighted by Gasteiger charge is -2.53. The van der Waals surface area contributed by atoms with Crippen LogP contribution in [0.15, 0.2) is 0 Å². The number of hydrazine groups is 1. The fraction of sp³-hybridized carbons (Fsp3) is 0.909. The second kappa shape index (κ2) is 8.91. The lowest BCUT2D eigenvalue weighted by Crippen LogP contribution is -2.67. The van der Waals surface area contributed by atoms with Crippen LogP contribution in [0.1, 0.15) is 52.9 Å². The van der Waals surface area contributed by atoms with Gasteiger partial charge in [-0.3, -0.25) is 10.3 Å². The number of rotatable bonds is 4. The van der Waals surface area contributed by atoms with Gasteiger partial charge >= 0.3 is 12.2 Å². The van der Waals surface area contributed by atoms with E-state index in [1.54, 1.807) is 0 Å². The molecule has 0 aromatic rings. The second-order valence-electron chi connectivity index (χ2n) is 9.99. The van der Waals surface area contributed by atoms with Crippen LogP contribution in [0.25, 0.3) is 0 Å². The molecule has 2 amide bonds. The summed E-state index contributed by atoms with van der Waals surface area (Å²) in [5, 5.41) is 2.41. The van der Waals surface area contributed by atoms with E-state index in [0.717, 1.165) is 44.8 Å². The van der Waals surface area contributed by atoms with Crippen molar-refractivity contribution in [2.45, 2.75) is 77.1 Å². The molecule has 170 valence electrons. The molecule has 0 radical (unpaired) electrons. The summed E-state index contributed by atoms with van der Waals surface area (Å²) in [4.78, 5) is 29.2. The predicted molar refractivity (Wildman–Crippen MR) is 113 cm³/mol. The van der Waals surface area contributed by atoms with E-state index < -0.39 is 0 Å². The van der Waals surface area contributed by atoms with Crippen molar-refractivity contribution < 1.29 is 19.1 Å². The van der Waals surface area contributed by atoms with Gasteiger partial charge in [0, 0.05) is 26.2 Å². The maximum Gasteiger partial charge on any atom is 0.410 e. The minimum Gasteiger partial charge on any atom is -0.453 e. The van der Waals surface area contributed by atoms with Gasteiger partial charge in [0.2, 0.25) is 0 Å². The lowest BCUT2D eigenvalue weighted by atomic mass is 9.73. The fourth-order valence-electron chi connectivity index (χ4n) is 5.71. The Morgan fingerprint density at radius 2 is 1.80 bits per heavy atom. The van der Waals surface area contributed by atoms with Crippen LogP contribution in [0.5, 0.6) is 0 Å². The van der Waals surface area contributed by atoms with Crippen LogP contribution in [0.4, 0.5) is 9.59 Å². The van der Waals surface area contributed by atoms with Gasteiger partial charge in [-0.2, -0.15) is 0 Å². The molecular weight excluding hydrogens is 384 g/mol. The molecule has 5 atom stereocenters. The first kappa shape index (κ1) is 21.7. The Morgan fingerprint density at radius 1 is 1.03 bits per heavy atom. The number of carbonyl (C=O) groups excluding carboxylic acids is 2. The summed E-state index contributed by atoms with van der Waals surface area (Å²) >= 11 is 0. The molecule has 0 aromatic carbocycles. The Morgan fingerprint density at radius 3 is 2.47 bits per heavy atom. The van der Waals surface area contributed by atoms with Crippen molar-refractivity contribution >= 4 is 12.2 Å². The van der Waals surface area contributed by atoms with Crippen LogP contribution in [0.3, 0.4) is 0 Å². The van der Waals surface area contributed by atoms with Crippen LogP contribution in [-0.2, 0) is 9.47 Å². The number of piperazine rings is 1. The largest absolute Gasteiger partial charge is 0.453 e. The first-order valence-electron chi connectivity index (χ1n) is 11.7. The summed E-state index contributed by atoms with van der Waals surface area (Å²) in [6.07, 6.45) is 4.94. The molecule has 30 heavy (non-hydrogen) atoms. The Balaban J connectivity index is 1.47. The molecular formula is C22H38N4O4. The quantitative estimate of drug-likeness (QED) is 0.751. The molecule has 0 spiro atoms. The van der Waals surface area contributed by atoms with Gasteiger partial charge in [0.1, 0.15) is 0 Å². The standard InChI is InChI=1S/C22H38N4O4/c1-14(2)30-21(27)25-11-15(3)26(22(28)29-4)19-8-7-17(9-20(19)25)18-10-23-24(13-18)12-16-5-6-16/h14-20,23H,5-13H2,1-4H3/t15-,17?,18?,19?,20?/m0/s1. The highest BCUT2D eigenvalue weighted by Crippen LogP contribution is 2.40. The monoisotopic (exact) mass is 422 g/mol. The van der Waals surface area contributed by atoms with Crippen molar-refractivity contribution in [1.82, 2.24) is 20.2 Å². The van der Waals surface area contributed by atoms with Crippen LogP contribution in [0.2, 0.25) is 0 Å². The number of hydrogen-bond acceptors (Lipinski definition) is 6. The normalized spacial score (nSPS) is 34.8. The van der Waals surface area contributed by atoms with Gasteiger partial charge in [0.15, 0.2) is 0 Å². The third-order valence-electron chi connectivity index (χ3n) is 7.35. The number of methoxy groups -OCH3 is 1. The molecule has 8 nitrogen and oxygen atoms in total. The molecule has 2 aliphatic heterocycles. The highest BCUT2D eigenvalue weighted by atomic mass is 16.6. The van der Waals surface area contributed by atoms with Gasteiger partial charge in [-0.15, -0.1) is 0 Å². The zero-order valence-corrected chi connectivity index (χ0v) is 18.9. The highest BCUT2D eigenvalue weighted by Gasteiger charge is 2.49. The zero-order valence-electron chi connectivity index (χ0n) is 18.9. The lowest BCUT2D eigenvalue weighted by molar-refractivity contribution is -0.0443. The van der Waals surface area contributed by atoms with E-state index in [2.05, 4.69) is 10.4 Å². The number of carbonyl (C=O) groups is 2. The molecule has 4 fully saturated rings. The van der Waals surface area contributed by atoms with Gasteiger partial charge in [0.25, 0.3) is 0 Å². The van der Waals surface area contributed by atoms with Crippen molar-refractivity contribution in [2.75, 3.05) is 33.3 Å². The summed E-state index contributed by atoms with van der Waals surface area (Å²) in [5.74, 6) is 2.02. The van der Waals surface area contributed by atoms with Crippen molar-refractivity contribution in [3.8, 4) is 0 Å². The van der Waals surface area contributed by atoms with E-state index in [-0.39, 0.29) is 36.4 Å². The van der Waals surface area contributed by atoms with Crippen molar-refractivity contribution in [3.63, 3.8) is 0 Å². The SMILES string of the molecule is COC(=O)N1C2CCC(C3CNN(CC4CC4)C3)CC2N(C(=O)OC(C)C)C[C@@H]1C. The van der Waals surface area contributed by atoms with Gasteiger partial charge < -0.3 is 14.4 Å². The molecule has 0 aromatic heterocycles. The maximum absolute atomic E-state index is 12.9. The summed E-state index contributed by atoms with van der Waals surface area (Å²) in [5.41, 5.74) is 3.59. The Hall–Kier alpha value is -1.54. The topological polar surface area (TPSA) is 74.4 Å². The van der Waals surface area contributed by atoms with Gasteiger partial charge in [-0.25, -0.2) is 14.6 Å². The zero-order chi connectivity index (χ0) is 21.4. The molecule has 4 unspecified atom stereocenters. The first-order valence-corrected chi connectivity index (χ1v) is 11.7. The number of amides is 2. The van der Waals surface area contributed by atoms with Crippen LogP contribution >= 0.6 is 0 Å². The number of nitrogens with one attached hydrogen (secondary N) is 1. The first-order chi connectivity index (χ1) is 14.4. The van der Waals surface area contributed by atoms with E-state index in [1.807, 2.05) is 30.6 Å². The van der Waals surface area contributed by atoms with E-state index in [4.69, 9.17) is 9.47 Å². The van der Waals surface area contributed by atoms with Crippen molar-refractivity contribution in [3.05, 3.63) is 0 Å². The van der Waals surface area contributed by atoms with Crippen LogP contribution in [0, 0.1) is 17.8 Å². The predicted octanol–water partition coefficient (Wildman–Crippen LogP) is 2.69. The van der Waals surface area contributed by atoms with E-state index in [9.17, 15) is 9.59 Å². The highest BCUT2D eigenvalue weighted by molar-refractivity contribution is 5.72. The smallest absolute Gasteiger partial charge is 0.410 e. The van der Waals surface area contributed by atoms with Gasteiger partial charge in [-0.05, 0) is 70.6 Å². The number of fused-ring (bicyclic) bond motifs is 1. The number of hydrogen-bond donors (Lipinski definition) is 1. The van der Waals surface area contributed by atoms with Gasteiger partial charge in [0.05, 0.1) is 31.3 Å². The average molecular weight is 423 g/mol. The average Bonchev–Trinajstić information content (AvgIpc) is 3.40. The third kappa shape index (κ3) is 4.54. The summed E-state index contributed by atoms with van der Waals surface area (Å²) < 4.78 is 10.7. The maximum atomic E-state index is 12.9. The Kier molecular flexibility index (Phi) is 6.44. The van der Waals surface area contributed by atoms with Crippen molar-refractivity contribution in [1.29, 1.82) is 0 Å². The third-order valence-corrected chi connectivity index (χ3v) is 7.35. The Bertz CT molecular complexity index is 641. The van der Waals surface area contributed by atoms with Crippen LogP contribution < -0.4 is 5.43 Å². The fourth-order valence-corrected chi connectivity index (χ4v) is 5.71. The number of nitrogens with zero attached hydrogens (tertiary/aromatic N) is 3. The molecule has 4 aliphatic rings. The Labute approximate surface area is 180 Å². The van der Waals surface area contributed by atoms with E-state index in [1.165, 1.54) is 20.0 Å². The minimum atomic E-state index is -0.286. The van der Waals surface area contributed by atoms with E-state index >= 15 is 0 Å². The molecule has 1 N–H and O–H groups in total. The molecule has 8 heteroatoms. The van der Waals surface area contributed by atoms with Crippen LogP contribution in [-0.4, -0.2) is 84.5 Å². The summed E-state index contributed by atoms with van der Waals surface area (Å²) in [6, 6.07) is -0.103. The molecule has 4 rings (SSSR count). The summed E-state index contributed by atoms with van der Waals surface area (Å²) in [7, 11) is 1.44. The molecule has 0 bridgehead atoms. The molecule has 2 heterocycles. The second-order valence-corrected chi connectivity index (χ2v) is 9.99. The molecule has 2 aliphatic carbocycles. The van der Waals surface area contributed by atoms with Gasteiger partial charge in [-0.1, -0.05) is 0 Å². The molecule has 2 saturated heterocycles. The minimum absolute atomic E-state index is 0.00547. The van der Waals surface area contributed by atoms with E-state index in [0.29, 0.717) is 18.4 Å². The molecule has 2 saturated carbocycles. The number of ether oxygens (including phenoxy) is 2. The van der Waals surface area contributed by atoms with Crippen molar-refractivity contribution in [2.24, 2.45) is 17.8 Å². The summed E-state index contributed by atoms with van der Waals surface area (Å²) in [6.45, 7) is 9.51.